The van der Waals surface area contributed by atoms with Gasteiger partial charge in [-0.1, -0.05) is 32.1 Å². The lowest BCUT2D eigenvalue weighted by atomic mass is 10.1. The summed E-state index contributed by atoms with van der Waals surface area (Å²) in [6.45, 7) is 1.58. The van der Waals surface area contributed by atoms with Gasteiger partial charge in [-0.2, -0.15) is 5.26 Å². The minimum Gasteiger partial charge on any atom is -0.494 e. The van der Waals surface area contributed by atoms with E-state index < -0.39 is 0 Å². The van der Waals surface area contributed by atoms with Crippen LogP contribution in [0.2, 0.25) is 0 Å². The Balaban J connectivity index is 1.97. The summed E-state index contributed by atoms with van der Waals surface area (Å²) in [6.07, 6.45) is 8.61. The topological polar surface area (TPSA) is 59.0 Å². The highest BCUT2D eigenvalue weighted by molar-refractivity contribution is 5.34. The van der Waals surface area contributed by atoms with Gasteiger partial charge in [-0.15, -0.1) is 0 Å². The fraction of sp³-hybridized carbons (Fsp3) is 0.562. The smallest absolute Gasteiger partial charge is 0.119 e. The third-order valence-corrected chi connectivity index (χ3v) is 3.10. The van der Waals surface area contributed by atoms with E-state index in [4.69, 9.17) is 15.7 Å². The highest BCUT2D eigenvalue weighted by atomic mass is 16.5. The van der Waals surface area contributed by atoms with Crippen molar-refractivity contribution < 1.29 is 4.74 Å². The van der Waals surface area contributed by atoms with Crippen molar-refractivity contribution in [2.75, 3.05) is 13.2 Å². The first kappa shape index (κ1) is 15.5. The predicted molar refractivity (Wildman–Crippen MR) is 78.0 cm³/mol. The van der Waals surface area contributed by atoms with Gasteiger partial charge in [0, 0.05) is 0 Å². The molecule has 19 heavy (non-hydrogen) atoms. The number of nitriles is 1. The molecule has 0 aliphatic rings. The molecule has 3 nitrogen and oxygen atoms in total. The molecule has 0 bridgehead atoms. The summed E-state index contributed by atoms with van der Waals surface area (Å²) in [6, 6.07) is 9.37. The first-order chi connectivity index (χ1) is 9.36. The Kier molecular flexibility index (Phi) is 8.50. The quantitative estimate of drug-likeness (QED) is 0.653. The molecule has 2 N–H and O–H groups in total. The second-order valence-corrected chi connectivity index (χ2v) is 4.75. The molecule has 104 valence electrons. The molecule has 0 amide bonds. The second-order valence-electron chi connectivity index (χ2n) is 4.75. The predicted octanol–water partition coefficient (Wildman–Crippen LogP) is 3.63. The van der Waals surface area contributed by atoms with Gasteiger partial charge in [-0.25, -0.2) is 0 Å². The zero-order chi connectivity index (χ0) is 13.8. The first-order valence-electron chi connectivity index (χ1n) is 7.20. The van der Waals surface area contributed by atoms with Crippen LogP contribution in [0.4, 0.5) is 0 Å². The van der Waals surface area contributed by atoms with Crippen LogP contribution in [0.5, 0.6) is 5.75 Å². The fourth-order valence-corrected chi connectivity index (χ4v) is 1.95. The molecule has 0 aliphatic carbocycles. The number of unbranched alkanes of at least 4 members (excludes halogenated alkanes) is 6. The van der Waals surface area contributed by atoms with E-state index in [9.17, 15) is 0 Å². The second kappa shape index (κ2) is 10.4. The van der Waals surface area contributed by atoms with Crippen molar-refractivity contribution >= 4 is 0 Å². The van der Waals surface area contributed by atoms with Crippen LogP contribution in [-0.2, 0) is 0 Å². The summed E-state index contributed by atoms with van der Waals surface area (Å²) in [5.74, 6) is 0.849. The molecule has 0 unspecified atom stereocenters. The van der Waals surface area contributed by atoms with E-state index in [1.165, 1.54) is 32.1 Å². The number of ether oxygens (including phenoxy) is 1. The van der Waals surface area contributed by atoms with Crippen molar-refractivity contribution in [3.05, 3.63) is 29.8 Å². The summed E-state index contributed by atoms with van der Waals surface area (Å²) in [5.41, 5.74) is 6.12. The monoisotopic (exact) mass is 260 g/mol. The minimum absolute atomic E-state index is 0.671. The molecule has 0 saturated carbocycles. The normalized spacial score (nSPS) is 10.1. The van der Waals surface area contributed by atoms with Crippen LogP contribution in [0.15, 0.2) is 24.3 Å². The van der Waals surface area contributed by atoms with Crippen molar-refractivity contribution in [3.8, 4) is 11.8 Å². The Bertz CT molecular complexity index is 367. The van der Waals surface area contributed by atoms with Crippen molar-refractivity contribution in [1.82, 2.24) is 0 Å². The van der Waals surface area contributed by atoms with Gasteiger partial charge in [-0.3, -0.25) is 0 Å². The maximum atomic E-state index is 8.68. The van der Waals surface area contributed by atoms with Crippen molar-refractivity contribution in [2.24, 2.45) is 5.73 Å². The Hall–Kier alpha value is -1.53. The van der Waals surface area contributed by atoms with Crippen LogP contribution in [0.25, 0.3) is 0 Å². The first-order valence-corrected chi connectivity index (χ1v) is 7.20. The van der Waals surface area contributed by atoms with Crippen LogP contribution < -0.4 is 10.5 Å². The van der Waals surface area contributed by atoms with E-state index in [1.54, 1.807) is 12.1 Å². The largest absolute Gasteiger partial charge is 0.494 e. The number of hydrogen-bond donors (Lipinski definition) is 1. The van der Waals surface area contributed by atoms with Crippen molar-refractivity contribution in [3.63, 3.8) is 0 Å². The maximum absolute atomic E-state index is 8.68. The third kappa shape index (κ3) is 7.48. The van der Waals surface area contributed by atoms with E-state index in [0.717, 1.165) is 31.7 Å². The number of nitrogens with two attached hydrogens (primary N) is 1. The standard InChI is InChI=1S/C16H24N2O/c17-12-6-4-2-1-3-5-7-13-19-16-10-8-15(14-18)9-11-16/h8-11H,1-7,12-13,17H2. The minimum atomic E-state index is 0.671. The number of nitrogens with zero attached hydrogens (tertiary/aromatic N) is 1. The van der Waals surface area contributed by atoms with Crippen LogP contribution in [0.1, 0.15) is 50.5 Å². The van der Waals surface area contributed by atoms with Crippen LogP contribution >= 0.6 is 0 Å². The molecule has 0 aromatic heterocycles. The van der Waals surface area contributed by atoms with E-state index >= 15 is 0 Å². The summed E-state index contributed by atoms with van der Waals surface area (Å²) >= 11 is 0. The van der Waals surface area contributed by atoms with Gasteiger partial charge in [0.25, 0.3) is 0 Å². The molecular weight excluding hydrogens is 236 g/mol. The van der Waals surface area contributed by atoms with Crippen LogP contribution in [0.3, 0.4) is 0 Å². The Morgan fingerprint density at radius 1 is 0.895 bits per heavy atom. The Morgan fingerprint density at radius 2 is 1.47 bits per heavy atom. The SMILES string of the molecule is N#Cc1ccc(OCCCCCCCCCN)cc1. The summed E-state index contributed by atoms with van der Waals surface area (Å²) in [4.78, 5) is 0. The van der Waals surface area contributed by atoms with Gasteiger partial charge >= 0.3 is 0 Å². The van der Waals surface area contributed by atoms with Gasteiger partial charge in [0.1, 0.15) is 5.75 Å². The average molecular weight is 260 g/mol. The highest BCUT2D eigenvalue weighted by Gasteiger charge is 1.95. The Morgan fingerprint density at radius 3 is 2.05 bits per heavy atom. The molecule has 0 radical (unpaired) electrons. The maximum Gasteiger partial charge on any atom is 0.119 e. The molecule has 1 aromatic rings. The number of benzene rings is 1. The van der Waals surface area contributed by atoms with E-state index in [-0.39, 0.29) is 0 Å². The lowest BCUT2D eigenvalue weighted by Crippen LogP contribution is -1.98. The van der Waals surface area contributed by atoms with Crippen LogP contribution in [-0.4, -0.2) is 13.2 Å². The molecule has 3 heteroatoms. The third-order valence-electron chi connectivity index (χ3n) is 3.10. The lowest BCUT2D eigenvalue weighted by Gasteiger charge is -2.06. The molecular formula is C16H24N2O. The van der Waals surface area contributed by atoms with E-state index in [1.807, 2.05) is 12.1 Å². The fourth-order valence-electron chi connectivity index (χ4n) is 1.95. The number of hydrogen-bond acceptors (Lipinski definition) is 3. The zero-order valence-electron chi connectivity index (χ0n) is 11.6. The summed E-state index contributed by atoms with van der Waals surface area (Å²) in [7, 11) is 0. The molecule has 1 aromatic carbocycles. The molecule has 0 spiro atoms. The van der Waals surface area contributed by atoms with Gasteiger partial charge in [0.15, 0.2) is 0 Å². The Labute approximate surface area is 116 Å². The molecule has 0 heterocycles. The number of rotatable bonds is 10. The molecule has 0 aliphatic heterocycles. The van der Waals surface area contributed by atoms with Crippen molar-refractivity contribution in [2.45, 2.75) is 44.9 Å². The van der Waals surface area contributed by atoms with Gasteiger partial charge in [-0.05, 0) is 43.7 Å². The summed E-state index contributed by atoms with van der Waals surface area (Å²) < 4.78 is 5.62. The van der Waals surface area contributed by atoms with Gasteiger partial charge < -0.3 is 10.5 Å². The molecule has 0 fully saturated rings. The van der Waals surface area contributed by atoms with Crippen LogP contribution in [0, 0.1) is 11.3 Å². The average Bonchev–Trinajstić information content (AvgIpc) is 2.46. The highest BCUT2D eigenvalue weighted by Crippen LogP contribution is 2.13. The zero-order valence-corrected chi connectivity index (χ0v) is 11.6. The van der Waals surface area contributed by atoms with E-state index in [0.29, 0.717) is 5.56 Å². The molecule has 1 rings (SSSR count). The molecule has 0 saturated heterocycles. The van der Waals surface area contributed by atoms with Crippen molar-refractivity contribution in [1.29, 1.82) is 5.26 Å². The summed E-state index contributed by atoms with van der Waals surface area (Å²) in [5, 5.41) is 8.68. The molecule has 0 atom stereocenters. The lowest BCUT2D eigenvalue weighted by molar-refractivity contribution is 0.304. The van der Waals surface area contributed by atoms with Gasteiger partial charge in [0.05, 0.1) is 18.2 Å². The van der Waals surface area contributed by atoms with E-state index in [2.05, 4.69) is 6.07 Å². The van der Waals surface area contributed by atoms with Gasteiger partial charge in [0.2, 0.25) is 0 Å².